The van der Waals surface area contributed by atoms with Gasteiger partial charge in [-0.25, -0.2) is 0 Å². The Hall–Kier alpha value is -1.56. The van der Waals surface area contributed by atoms with Gasteiger partial charge in [0, 0.05) is 39.9 Å². The average Bonchev–Trinajstić information content (AvgIpc) is 2.63. The van der Waals surface area contributed by atoms with Crippen LogP contribution in [0.15, 0.2) is 46.9 Å². The van der Waals surface area contributed by atoms with Crippen LogP contribution in [0.25, 0.3) is 0 Å². The Morgan fingerprint density at radius 2 is 1.93 bits per heavy atom. The number of halogens is 2. The van der Waals surface area contributed by atoms with Gasteiger partial charge in [-0.2, -0.15) is 0 Å². The summed E-state index contributed by atoms with van der Waals surface area (Å²) in [5.41, 5.74) is 1.25. The van der Waals surface area contributed by atoms with Gasteiger partial charge in [0.2, 0.25) is 5.91 Å². The second-order valence-corrected chi connectivity index (χ2v) is 8.59. The lowest BCUT2D eigenvalue weighted by Crippen LogP contribution is -2.50. The Balaban J connectivity index is 1.96. The van der Waals surface area contributed by atoms with Crippen molar-refractivity contribution in [2.24, 2.45) is 0 Å². The third-order valence-electron chi connectivity index (χ3n) is 4.94. The normalized spacial score (nSPS) is 25.2. The highest BCUT2D eigenvalue weighted by atomic mass is 79.9. The van der Waals surface area contributed by atoms with Crippen LogP contribution in [0.4, 0.5) is 0 Å². The minimum Gasteiger partial charge on any atom is -0.508 e. The van der Waals surface area contributed by atoms with E-state index in [4.69, 9.17) is 16.3 Å². The van der Waals surface area contributed by atoms with Crippen molar-refractivity contribution in [1.82, 2.24) is 5.32 Å². The minimum absolute atomic E-state index is 0.00599. The van der Waals surface area contributed by atoms with Crippen molar-refractivity contribution in [3.63, 3.8) is 0 Å². The molecule has 1 saturated heterocycles. The van der Waals surface area contributed by atoms with Crippen LogP contribution in [-0.2, 0) is 9.53 Å². The van der Waals surface area contributed by atoms with E-state index in [9.17, 15) is 9.90 Å². The summed E-state index contributed by atoms with van der Waals surface area (Å²) >= 11 is 9.48. The predicted octanol–water partition coefficient (Wildman–Crippen LogP) is 5.69. The molecule has 3 rings (SSSR count). The van der Waals surface area contributed by atoms with Crippen LogP contribution < -0.4 is 5.32 Å². The first kappa shape index (κ1) is 20.2. The summed E-state index contributed by atoms with van der Waals surface area (Å²) in [7, 11) is 0. The Kier molecular flexibility index (Phi) is 6.14. The summed E-state index contributed by atoms with van der Waals surface area (Å²) < 4.78 is 7.24. The third kappa shape index (κ3) is 4.84. The largest absolute Gasteiger partial charge is 0.508 e. The summed E-state index contributed by atoms with van der Waals surface area (Å²) in [5.74, 6) is 0.190. The van der Waals surface area contributed by atoms with Crippen LogP contribution in [0.5, 0.6) is 5.75 Å². The quantitative estimate of drug-likeness (QED) is 0.627. The molecule has 0 bridgehead atoms. The molecule has 0 saturated carbocycles. The zero-order valence-corrected chi connectivity index (χ0v) is 17.7. The van der Waals surface area contributed by atoms with Crippen molar-refractivity contribution < 1.29 is 14.6 Å². The number of hydrogen-bond donors (Lipinski definition) is 2. The maximum atomic E-state index is 12.1. The first-order valence-corrected chi connectivity index (χ1v) is 10.2. The van der Waals surface area contributed by atoms with Crippen molar-refractivity contribution >= 4 is 33.4 Å². The van der Waals surface area contributed by atoms with E-state index < -0.39 is 5.54 Å². The lowest BCUT2D eigenvalue weighted by atomic mass is 9.81. The highest BCUT2D eigenvalue weighted by Crippen LogP contribution is 2.46. The first-order chi connectivity index (χ1) is 12.8. The molecule has 0 radical (unpaired) electrons. The Morgan fingerprint density at radius 3 is 2.59 bits per heavy atom. The van der Waals surface area contributed by atoms with Gasteiger partial charge in [0.15, 0.2) is 0 Å². The van der Waals surface area contributed by atoms with Gasteiger partial charge >= 0.3 is 0 Å². The number of ether oxygens (including phenoxy) is 1. The van der Waals surface area contributed by atoms with E-state index >= 15 is 0 Å². The lowest BCUT2D eigenvalue weighted by Gasteiger charge is -2.43. The Labute approximate surface area is 173 Å². The maximum Gasteiger partial charge on any atom is 0.220 e. The van der Waals surface area contributed by atoms with E-state index in [0.29, 0.717) is 29.8 Å². The minimum atomic E-state index is -0.449. The maximum absolute atomic E-state index is 12.1. The van der Waals surface area contributed by atoms with Gasteiger partial charge < -0.3 is 15.2 Å². The van der Waals surface area contributed by atoms with E-state index in [1.165, 1.54) is 0 Å². The van der Waals surface area contributed by atoms with Gasteiger partial charge in [-0.05, 0) is 42.8 Å². The Bertz CT molecular complexity index is 827. The fourth-order valence-corrected chi connectivity index (χ4v) is 4.07. The molecule has 1 aliphatic heterocycles. The molecule has 3 atom stereocenters. The number of carbonyl (C=O) groups is 1. The fraction of sp³-hybridized carbons (Fsp3) is 0.381. The average molecular weight is 453 g/mol. The lowest BCUT2D eigenvalue weighted by molar-refractivity contribution is -0.128. The van der Waals surface area contributed by atoms with Gasteiger partial charge in [-0.3, -0.25) is 4.79 Å². The van der Waals surface area contributed by atoms with Gasteiger partial charge in [0.25, 0.3) is 0 Å². The molecule has 0 aromatic heterocycles. The van der Waals surface area contributed by atoms with Crippen LogP contribution >= 0.6 is 27.5 Å². The number of phenols is 1. The number of aromatic hydroxyl groups is 1. The van der Waals surface area contributed by atoms with Gasteiger partial charge in [0.1, 0.15) is 5.75 Å². The van der Waals surface area contributed by atoms with Crippen LogP contribution in [0.2, 0.25) is 5.02 Å². The number of carbonyl (C=O) groups excluding carboxylic acids is 1. The third-order valence-corrected chi connectivity index (χ3v) is 5.69. The molecule has 2 N–H and O–H groups in total. The van der Waals surface area contributed by atoms with E-state index in [1.807, 2.05) is 44.2 Å². The summed E-state index contributed by atoms with van der Waals surface area (Å²) in [6.45, 7) is 3.88. The SMILES string of the molecule is CCC(=O)N[C@@]1(C)C[C@@H](c2ccc(Cl)cc2)O[C@@H](c2cc(Br)ccc2O)C1. The molecule has 144 valence electrons. The smallest absolute Gasteiger partial charge is 0.220 e. The second kappa shape index (κ2) is 8.21. The number of amides is 1. The Morgan fingerprint density at radius 1 is 1.26 bits per heavy atom. The van der Waals surface area contributed by atoms with Crippen molar-refractivity contribution in [3.8, 4) is 5.75 Å². The molecule has 6 heteroatoms. The molecular weight excluding hydrogens is 430 g/mol. The molecular formula is C21H23BrClNO3. The molecule has 1 aliphatic rings. The number of hydrogen-bond acceptors (Lipinski definition) is 3. The molecule has 1 heterocycles. The highest BCUT2D eigenvalue weighted by molar-refractivity contribution is 9.10. The summed E-state index contributed by atoms with van der Waals surface area (Å²) in [5, 5.41) is 14.2. The highest BCUT2D eigenvalue weighted by Gasteiger charge is 2.40. The molecule has 0 spiro atoms. The van der Waals surface area contributed by atoms with Crippen LogP contribution in [0.3, 0.4) is 0 Å². The van der Waals surface area contributed by atoms with E-state index in [1.54, 1.807) is 12.1 Å². The van der Waals surface area contributed by atoms with E-state index in [-0.39, 0.29) is 23.9 Å². The number of rotatable bonds is 4. The van der Waals surface area contributed by atoms with E-state index in [0.717, 1.165) is 10.0 Å². The topological polar surface area (TPSA) is 58.6 Å². The monoisotopic (exact) mass is 451 g/mol. The summed E-state index contributed by atoms with van der Waals surface area (Å²) in [6, 6.07) is 12.9. The predicted molar refractivity (Wildman–Crippen MR) is 110 cm³/mol. The molecule has 1 fully saturated rings. The van der Waals surface area contributed by atoms with Gasteiger partial charge in [-0.15, -0.1) is 0 Å². The zero-order chi connectivity index (χ0) is 19.6. The van der Waals surface area contributed by atoms with E-state index in [2.05, 4.69) is 21.2 Å². The molecule has 2 aromatic carbocycles. The molecule has 2 aromatic rings. The molecule has 1 amide bonds. The van der Waals surface area contributed by atoms with Crippen molar-refractivity contribution in [1.29, 1.82) is 0 Å². The van der Waals surface area contributed by atoms with Crippen LogP contribution in [0.1, 0.15) is 56.4 Å². The van der Waals surface area contributed by atoms with Crippen LogP contribution in [0, 0.1) is 0 Å². The second-order valence-electron chi connectivity index (χ2n) is 7.24. The number of benzene rings is 2. The van der Waals surface area contributed by atoms with Crippen molar-refractivity contribution in [2.45, 2.75) is 50.9 Å². The van der Waals surface area contributed by atoms with Gasteiger partial charge in [0.05, 0.1) is 12.2 Å². The molecule has 27 heavy (non-hydrogen) atoms. The molecule has 0 unspecified atom stereocenters. The van der Waals surface area contributed by atoms with Crippen LogP contribution in [-0.4, -0.2) is 16.6 Å². The molecule has 4 nitrogen and oxygen atoms in total. The summed E-state index contributed by atoms with van der Waals surface area (Å²) in [6.07, 6.45) is 1.08. The first-order valence-electron chi connectivity index (χ1n) is 9.00. The number of nitrogens with one attached hydrogen (secondary N) is 1. The van der Waals surface area contributed by atoms with Gasteiger partial charge in [-0.1, -0.05) is 46.6 Å². The fourth-order valence-electron chi connectivity index (χ4n) is 3.56. The zero-order valence-electron chi connectivity index (χ0n) is 15.3. The number of phenolic OH excluding ortho intramolecular Hbond substituents is 1. The summed E-state index contributed by atoms with van der Waals surface area (Å²) in [4.78, 5) is 12.1. The van der Waals surface area contributed by atoms with Crippen molar-refractivity contribution in [2.75, 3.05) is 0 Å². The molecule has 0 aliphatic carbocycles. The standard InChI is InChI=1S/C21H23BrClNO3/c1-3-20(26)24-21(2)11-18(13-4-7-15(23)8-5-13)27-19(12-21)16-10-14(22)6-9-17(16)25/h4-10,18-19,25H,3,11-12H2,1-2H3,(H,24,26)/t18-,19+,21-/m0/s1. The van der Waals surface area contributed by atoms with Crippen molar-refractivity contribution in [3.05, 3.63) is 63.1 Å².